The smallest absolute Gasteiger partial charge is 0.227 e. The van der Waals surface area contributed by atoms with Gasteiger partial charge in [-0.05, 0) is 25.0 Å². The fraction of sp³-hybridized carbons (Fsp3) is 0.400. The van der Waals surface area contributed by atoms with E-state index >= 15 is 0 Å². The lowest BCUT2D eigenvalue weighted by molar-refractivity contribution is -0.122. The summed E-state index contributed by atoms with van der Waals surface area (Å²) in [7, 11) is 0. The van der Waals surface area contributed by atoms with Crippen molar-refractivity contribution in [3.05, 3.63) is 24.5 Å². The van der Waals surface area contributed by atoms with Gasteiger partial charge in [-0.1, -0.05) is 0 Å². The molecule has 1 amide bonds. The molecule has 0 spiro atoms. The number of nitrogens with one attached hydrogen (secondary N) is 1. The lowest BCUT2D eigenvalue weighted by Gasteiger charge is -2.30. The summed E-state index contributed by atoms with van der Waals surface area (Å²) in [4.78, 5) is 15.5. The van der Waals surface area contributed by atoms with Crippen LogP contribution in [0.3, 0.4) is 0 Å². The van der Waals surface area contributed by atoms with E-state index in [9.17, 15) is 4.79 Å². The Hall–Kier alpha value is -1.42. The Kier molecular flexibility index (Phi) is 2.45. The van der Waals surface area contributed by atoms with E-state index in [1.165, 1.54) is 0 Å². The zero-order valence-electron chi connectivity index (χ0n) is 7.81. The normalized spacial score (nSPS) is 25.2. The first kappa shape index (κ1) is 9.15. The molecule has 0 aromatic carbocycles. The Bertz CT molecular complexity index is 319. The zero-order valence-corrected chi connectivity index (χ0v) is 7.81. The maximum absolute atomic E-state index is 11.5. The van der Waals surface area contributed by atoms with Crippen molar-refractivity contribution >= 4 is 11.6 Å². The van der Waals surface area contributed by atoms with Gasteiger partial charge < -0.3 is 11.1 Å². The molecule has 1 aliphatic rings. The molecule has 0 aliphatic heterocycles. The second kappa shape index (κ2) is 3.75. The van der Waals surface area contributed by atoms with Crippen LogP contribution < -0.4 is 11.1 Å². The molecule has 1 fully saturated rings. The first-order valence-electron chi connectivity index (χ1n) is 4.72. The molecule has 3 N–H and O–H groups in total. The molecule has 0 bridgehead atoms. The van der Waals surface area contributed by atoms with Gasteiger partial charge in [-0.3, -0.25) is 9.78 Å². The van der Waals surface area contributed by atoms with Crippen molar-refractivity contribution in [3.63, 3.8) is 0 Å². The van der Waals surface area contributed by atoms with Crippen molar-refractivity contribution < 1.29 is 4.79 Å². The van der Waals surface area contributed by atoms with E-state index in [4.69, 9.17) is 5.73 Å². The highest BCUT2D eigenvalue weighted by molar-refractivity contribution is 5.93. The highest BCUT2D eigenvalue weighted by Gasteiger charge is 2.31. The zero-order chi connectivity index (χ0) is 9.97. The van der Waals surface area contributed by atoms with Crippen LogP contribution in [0.25, 0.3) is 0 Å². The average Bonchev–Trinajstić information content (AvgIpc) is 2.14. The van der Waals surface area contributed by atoms with Gasteiger partial charge >= 0.3 is 0 Å². The average molecular weight is 191 g/mol. The number of anilines is 1. The maximum Gasteiger partial charge on any atom is 0.227 e. The largest absolute Gasteiger partial charge is 0.328 e. The number of hydrogen-bond acceptors (Lipinski definition) is 3. The summed E-state index contributed by atoms with van der Waals surface area (Å²) in [5, 5.41) is 2.81. The van der Waals surface area contributed by atoms with Crippen LogP contribution in [0.5, 0.6) is 0 Å². The summed E-state index contributed by atoms with van der Waals surface area (Å²) in [5.41, 5.74) is 6.36. The summed E-state index contributed by atoms with van der Waals surface area (Å²) < 4.78 is 0. The molecule has 0 atom stereocenters. The first-order chi connectivity index (χ1) is 6.75. The number of carbonyl (C=O) groups is 1. The van der Waals surface area contributed by atoms with Crippen LogP contribution in [0.1, 0.15) is 12.8 Å². The molecule has 0 radical (unpaired) electrons. The molecule has 1 aromatic rings. The summed E-state index contributed by atoms with van der Waals surface area (Å²) in [6.07, 6.45) is 4.91. The van der Waals surface area contributed by atoms with Crippen molar-refractivity contribution in [2.24, 2.45) is 11.7 Å². The third kappa shape index (κ3) is 1.90. The number of pyridine rings is 1. The molecule has 1 saturated carbocycles. The number of carbonyl (C=O) groups excluding carboxylic acids is 1. The van der Waals surface area contributed by atoms with Crippen molar-refractivity contribution in [2.75, 3.05) is 5.32 Å². The van der Waals surface area contributed by atoms with E-state index < -0.39 is 0 Å². The molecular weight excluding hydrogens is 178 g/mol. The summed E-state index contributed by atoms with van der Waals surface area (Å²) >= 11 is 0. The van der Waals surface area contributed by atoms with Gasteiger partial charge in [-0.15, -0.1) is 0 Å². The minimum absolute atomic E-state index is 0.0553. The highest BCUT2D eigenvalue weighted by atomic mass is 16.1. The fourth-order valence-electron chi connectivity index (χ4n) is 1.56. The third-order valence-electron chi connectivity index (χ3n) is 2.47. The van der Waals surface area contributed by atoms with Crippen molar-refractivity contribution in [3.8, 4) is 0 Å². The van der Waals surface area contributed by atoms with E-state index in [2.05, 4.69) is 10.3 Å². The number of hydrogen-bond donors (Lipinski definition) is 2. The van der Waals surface area contributed by atoms with Gasteiger partial charge in [0.2, 0.25) is 5.91 Å². The van der Waals surface area contributed by atoms with Crippen molar-refractivity contribution in [2.45, 2.75) is 18.9 Å². The lowest BCUT2D eigenvalue weighted by Crippen LogP contribution is -2.42. The third-order valence-corrected chi connectivity index (χ3v) is 2.47. The number of aromatic nitrogens is 1. The molecular formula is C10H13N3O. The number of nitrogens with zero attached hydrogens (tertiary/aromatic N) is 1. The molecule has 0 saturated heterocycles. The van der Waals surface area contributed by atoms with Crippen LogP contribution in [0.4, 0.5) is 5.69 Å². The second-order valence-corrected chi connectivity index (χ2v) is 3.66. The highest BCUT2D eigenvalue weighted by Crippen LogP contribution is 2.26. The van der Waals surface area contributed by atoms with Crippen LogP contribution >= 0.6 is 0 Å². The molecule has 74 valence electrons. The number of amides is 1. The Morgan fingerprint density at radius 2 is 2.36 bits per heavy atom. The Morgan fingerprint density at radius 1 is 1.57 bits per heavy atom. The molecule has 1 heterocycles. The summed E-state index contributed by atoms with van der Waals surface area (Å²) in [6.45, 7) is 0. The van der Waals surface area contributed by atoms with Crippen LogP contribution in [-0.4, -0.2) is 16.9 Å². The molecule has 4 heteroatoms. The standard InChI is InChI=1S/C10H13N3O/c11-8-4-7(5-8)10(14)13-9-2-1-3-12-6-9/h1-3,6-8H,4-5,11H2,(H,13,14). The van der Waals surface area contributed by atoms with Gasteiger partial charge in [0.1, 0.15) is 0 Å². The Labute approximate surface area is 82.5 Å². The lowest BCUT2D eigenvalue weighted by atomic mass is 9.80. The van der Waals surface area contributed by atoms with Gasteiger partial charge in [0.05, 0.1) is 11.9 Å². The second-order valence-electron chi connectivity index (χ2n) is 3.66. The summed E-state index contributed by atoms with van der Waals surface area (Å²) in [5.74, 6) is 0.143. The quantitative estimate of drug-likeness (QED) is 0.725. The fourth-order valence-corrected chi connectivity index (χ4v) is 1.56. The summed E-state index contributed by atoms with van der Waals surface area (Å²) in [6, 6.07) is 3.82. The van der Waals surface area contributed by atoms with E-state index in [1.54, 1.807) is 18.5 Å². The SMILES string of the molecule is NC1CC(C(=O)Nc2cccnc2)C1. The monoisotopic (exact) mass is 191 g/mol. The molecule has 1 aromatic heterocycles. The minimum atomic E-state index is 0.0553. The molecule has 0 unspecified atom stereocenters. The van der Waals surface area contributed by atoms with Crippen molar-refractivity contribution in [1.82, 2.24) is 4.98 Å². The Morgan fingerprint density at radius 3 is 2.93 bits per heavy atom. The van der Waals surface area contributed by atoms with Crippen LogP contribution in [0, 0.1) is 5.92 Å². The topological polar surface area (TPSA) is 68.0 Å². The van der Waals surface area contributed by atoms with Gasteiger partial charge in [-0.2, -0.15) is 0 Å². The van der Waals surface area contributed by atoms with E-state index in [1.807, 2.05) is 6.07 Å². The first-order valence-corrected chi connectivity index (χ1v) is 4.72. The Balaban J connectivity index is 1.89. The van der Waals surface area contributed by atoms with Gasteiger partial charge in [0.25, 0.3) is 0 Å². The molecule has 4 nitrogen and oxygen atoms in total. The van der Waals surface area contributed by atoms with Gasteiger partial charge in [0, 0.05) is 18.2 Å². The predicted octanol–water partition coefficient (Wildman–Crippen LogP) is 0.757. The van der Waals surface area contributed by atoms with Crippen LogP contribution in [0.15, 0.2) is 24.5 Å². The molecule has 1 aliphatic carbocycles. The van der Waals surface area contributed by atoms with E-state index in [0.717, 1.165) is 18.5 Å². The van der Waals surface area contributed by atoms with E-state index in [-0.39, 0.29) is 17.9 Å². The van der Waals surface area contributed by atoms with Gasteiger partial charge in [-0.25, -0.2) is 0 Å². The van der Waals surface area contributed by atoms with Crippen LogP contribution in [0.2, 0.25) is 0 Å². The van der Waals surface area contributed by atoms with E-state index in [0.29, 0.717) is 0 Å². The van der Waals surface area contributed by atoms with Gasteiger partial charge in [0.15, 0.2) is 0 Å². The predicted molar refractivity (Wildman–Crippen MR) is 53.6 cm³/mol. The van der Waals surface area contributed by atoms with Crippen molar-refractivity contribution in [1.29, 1.82) is 0 Å². The van der Waals surface area contributed by atoms with Crippen LogP contribution in [-0.2, 0) is 4.79 Å². The molecule has 14 heavy (non-hydrogen) atoms. The molecule has 2 rings (SSSR count). The minimum Gasteiger partial charge on any atom is -0.328 e. The number of nitrogens with two attached hydrogens (primary N) is 1. The maximum atomic E-state index is 11.5. The number of rotatable bonds is 2.